The first-order valence-electron chi connectivity index (χ1n) is 7.69. The van der Waals surface area contributed by atoms with E-state index in [1.165, 1.54) is 44.9 Å². The fourth-order valence-electron chi connectivity index (χ4n) is 2.66. The van der Waals surface area contributed by atoms with Gasteiger partial charge >= 0.3 is 0 Å². The molecule has 0 amide bonds. The molecule has 2 unspecified atom stereocenters. The first kappa shape index (κ1) is 15.9. The SMILES string of the molecule is CCCCCCCC1OCCC1CNCCOC. The van der Waals surface area contributed by atoms with Crippen LogP contribution in [0.25, 0.3) is 0 Å². The molecule has 108 valence electrons. The van der Waals surface area contributed by atoms with Crippen molar-refractivity contribution in [3.05, 3.63) is 0 Å². The Morgan fingerprint density at radius 1 is 1.22 bits per heavy atom. The van der Waals surface area contributed by atoms with Crippen LogP contribution >= 0.6 is 0 Å². The van der Waals surface area contributed by atoms with Gasteiger partial charge in [-0.05, 0) is 18.8 Å². The molecule has 0 aromatic heterocycles. The van der Waals surface area contributed by atoms with Crippen molar-refractivity contribution < 1.29 is 9.47 Å². The largest absolute Gasteiger partial charge is 0.383 e. The van der Waals surface area contributed by atoms with Crippen LogP contribution in [-0.4, -0.2) is 39.5 Å². The quantitative estimate of drug-likeness (QED) is 0.577. The standard InChI is InChI=1S/C15H31NO2/c1-3-4-5-6-7-8-15-14(9-11-18-15)13-16-10-12-17-2/h14-16H,3-13H2,1-2H3. The van der Waals surface area contributed by atoms with E-state index in [0.717, 1.165) is 26.3 Å². The summed E-state index contributed by atoms with van der Waals surface area (Å²) in [6.45, 7) is 6.06. The van der Waals surface area contributed by atoms with Crippen LogP contribution in [0, 0.1) is 5.92 Å². The molecule has 1 rings (SSSR count). The molecule has 3 heteroatoms. The molecule has 1 fully saturated rings. The first-order chi connectivity index (χ1) is 8.88. The van der Waals surface area contributed by atoms with E-state index in [1.54, 1.807) is 7.11 Å². The molecule has 0 aliphatic carbocycles. The van der Waals surface area contributed by atoms with Gasteiger partial charge in [0.15, 0.2) is 0 Å². The Morgan fingerprint density at radius 2 is 2.06 bits per heavy atom. The molecule has 0 aromatic carbocycles. The summed E-state index contributed by atoms with van der Waals surface area (Å²) in [7, 11) is 1.75. The lowest BCUT2D eigenvalue weighted by Gasteiger charge is -2.19. The molecule has 3 nitrogen and oxygen atoms in total. The van der Waals surface area contributed by atoms with Gasteiger partial charge in [0.1, 0.15) is 0 Å². The molecule has 0 radical (unpaired) electrons. The van der Waals surface area contributed by atoms with E-state index in [1.807, 2.05) is 0 Å². The molecule has 0 aromatic rings. The van der Waals surface area contributed by atoms with Crippen LogP contribution in [0.3, 0.4) is 0 Å². The van der Waals surface area contributed by atoms with E-state index in [4.69, 9.17) is 9.47 Å². The molecular weight excluding hydrogens is 226 g/mol. The zero-order chi connectivity index (χ0) is 13.1. The minimum Gasteiger partial charge on any atom is -0.383 e. The average molecular weight is 257 g/mol. The highest BCUT2D eigenvalue weighted by atomic mass is 16.5. The predicted octanol–water partition coefficient (Wildman–Crippen LogP) is 2.99. The summed E-state index contributed by atoms with van der Waals surface area (Å²) >= 11 is 0. The molecule has 18 heavy (non-hydrogen) atoms. The maximum atomic E-state index is 5.86. The third kappa shape index (κ3) is 6.72. The maximum Gasteiger partial charge on any atom is 0.0616 e. The van der Waals surface area contributed by atoms with E-state index in [0.29, 0.717) is 12.0 Å². The molecule has 1 saturated heterocycles. The first-order valence-corrected chi connectivity index (χ1v) is 7.69. The van der Waals surface area contributed by atoms with Crippen molar-refractivity contribution in [2.45, 2.75) is 58.0 Å². The summed E-state index contributed by atoms with van der Waals surface area (Å²) < 4.78 is 10.9. The van der Waals surface area contributed by atoms with Crippen LogP contribution in [0.5, 0.6) is 0 Å². The van der Waals surface area contributed by atoms with Crippen LogP contribution in [-0.2, 0) is 9.47 Å². The molecule has 0 saturated carbocycles. The summed E-state index contributed by atoms with van der Waals surface area (Å²) in [5.74, 6) is 0.716. The third-order valence-corrected chi connectivity index (χ3v) is 3.83. The number of ether oxygens (including phenoxy) is 2. The van der Waals surface area contributed by atoms with Crippen LogP contribution in [0.2, 0.25) is 0 Å². The van der Waals surface area contributed by atoms with Gasteiger partial charge in [0.05, 0.1) is 12.7 Å². The number of unbranched alkanes of at least 4 members (excludes halogenated alkanes) is 4. The topological polar surface area (TPSA) is 30.5 Å². The molecule has 2 atom stereocenters. The van der Waals surface area contributed by atoms with E-state index in [2.05, 4.69) is 12.2 Å². The summed E-state index contributed by atoms with van der Waals surface area (Å²) in [5, 5.41) is 3.46. The second-order valence-electron chi connectivity index (χ2n) is 5.36. The van der Waals surface area contributed by atoms with Gasteiger partial charge < -0.3 is 14.8 Å². The molecule has 1 aliphatic heterocycles. The van der Waals surface area contributed by atoms with Crippen molar-refractivity contribution in [3.8, 4) is 0 Å². The Morgan fingerprint density at radius 3 is 2.83 bits per heavy atom. The zero-order valence-electron chi connectivity index (χ0n) is 12.2. The lowest BCUT2D eigenvalue weighted by atomic mass is 9.96. The third-order valence-electron chi connectivity index (χ3n) is 3.83. The van der Waals surface area contributed by atoms with Crippen molar-refractivity contribution in [3.63, 3.8) is 0 Å². The van der Waals surface area contributed by atoms with E-state index < -0.39 is 0 Å². The maximum absolute atomic E-state index is 5.86. The normalized spacial score (nSPS) is 23.7. The number of hydrogen-bond acceptors (Lipinski definition) is 3. The Kier molecular flexibility index (Phi) is 9.54. The predicted molar refractivity (Wildman–Crippen MR) is 76.0 cm³/mol. The molecular formula is C15H31NO2. The highest BCUT2D eigenvalue weighted by molar-refractivity contribution is 4.78. The second kappa shape index (κ2) is 10.8. The monoisotopic (exact) mass is 257 g/mol. The van der Waals surface area contributed by atoms with Crippen LogP contribution in [0.15, 0.2) is 0 Å². The minimum atomic E-state index is 0.502. The van der Waals surface area contributed by atoms with Crippen molar-refractivity contribution in [2.75, 3.05) is 33.4 Å². The molecule has 1 aliphatic rings. The van der Waals surface area contributed by atoms with Gasteiger partial charge in [-0.15, -0.1) is 0 Å². The lowest BCUT2D eigenvalue weighted by molar-refractivity contribution is 0.0803. The van der Waals surface area contributed by atoms with Crippen molar-refractivity contribution in [1.82, 2.24) is 5.32 Å². The summed E-state index contributed by atoms with van der Waals surface area (Å²) in [6.07, 6.45) is 9.78. The molecule has 0 spiro atoms. The summed E-state index contributed by atoms with van der Waals surface area (Å²) in [4.78, 5) is 0. The zero-order valence-corrected chi connectivity index (χ0v) is 12.2. The fraction of sp³-hybridized carbons (Fsp3) is 1.00. The number of rotatable bonds is 11. The van der Waals surface area contributed by atoms with Gasteiger partial charge in [0, 0.05) is 26.8 Å². The molecule has 1 heterocycles. The van der Waals surface area contributed by atoms with Crippen LogP contribution < -0.4 is 5.32 Å². The Balaban J connectivity index is 2.03. The fourth-order valence-corrected chi connectivity index (χ4v) is 2.66. The Labute approximate surface area is 113 Å². The average Bonchev–Trinajstić information content (AvgIpc) is 2.82. The minimum absolute atomic E-state index is 0.502. The summed E-state index contributed by atoms with van der Waals surface area (Å²) in [5.41, 5.74) is 0. The van der Waals surface area contributed by atoms with Gasteiger partial charge in [-0.3, -0.25) is 0 Å². The van der Waals surface area contributed by atoms with Gasteiger partial charge in [-0.2, -0.15) is 0 Å². The van der Waals surface area contributed by atoms with E-state index >= 15 is 0 Å². The highest BCUT2D eigenvalue weighted by Gasteiger charge is 2.26. The van der Waals surface area contributed by atoms with E-state index in [-0.39, 0.29) is 0 Å². The van der Waals surface area contributed by atoms with Crippen LogP contribution in [0.4, 0.5) is 0 Å². The van der Waals surface area contributed by atoms with Gasteiger partial charge in [-0.1, -0.05) is 39.0 Å². The van der Waals surface area contributed by atoms with Gasteiger partial charge in [-0.25, -0.2) is 0 Å². The highest BCUT2D eigenvalue weighted by Crippen LogP contribution is 2.25. The smallest absolute Gasteiger partial charge is 0.0616 e. The van der Waals surface area contributed by atoms with Gasteiger partial charge in [0.25, 0.3) is 0 Å². The molecule has 1 N–H and O–H groups in total. The Bertz CT molecular complexity index is 187. The van der Waals surface area contributed by atoms with Crippen LogP contribution in [0.1, 0.15) is 51.9 Å². The number of hydrogen-bond donors (Lipinski definition) is 1. The lowest BCUT2D eigenvalue weighted by Crippen LogP contribution is -2.30. The van der Waals surface area contributed by atoms with Gasteiger partial charge in [0.2, 0.25) is 0 Å². The van der Waals surface area contributed by atoms with Crippen molar-refractivity contribution in [1.29, 1.82) is 0 Å². The second-order valence-corrected chi connectivity index (χ2v) is 5.36. The molecule has 0 bridgehead atoms. The Hall–Kier alpha value is -0.120. The van der Waals surface area contributed by atoms with E-state index in [9.17, 15) is 0 Å². The number of nitrogens with one attached hydrogen (secondary N) is 1. The number of methoxy groups -OCH3 is 1. The van der Waals surface area contributed by atoms with Crippen molar-refractivity contribution in [2.24, 2.45) is 5.92 Å². The summed E-state index contributed by atoms with van der Waals surface area (Å²) in [6, 6.07) is 0. The van der Waals surface area contributed by atoms with Crippen molar-refractivity contribution >= 4 is 0 Å².